The van der Waals surface area contributed by atoms with Crippen molar-refractivity contribution in [1.82, 2.24) is 53.6 Å². The highest BCUT2D eigenvalue weighted by molar-refractivity contribution is 7.65. The Balaban J connectivity index is 0.813. The SMILES string of the molecule is COC1[C@@H](COP(=O)([O-])OP(=O)([O-])OP(=O)([O-])OC[C@@]23COC([C@H](n4cnc5c(N)ncnc54)O2)[C@H]3OP(=O)([O-])OC[C@H]2O[C@@H](n3cnc4c(=O)[nH]c(N)nc43)[C@@H](O)C2O)O[C@@H]([n+]2cn(C)c3c(=O)[nH]c(N)nc32)[C@H]1O. The summed E-state index contributed by atoms with van der Waals surface area (Å²) in [4.78, 5) is 106. The molecule has 10 heterocycles. The molecule has 0 aliphatic carbocycles. The van der Waals surface area contributed by atoms with Gasteiger partial charge in [-0.25, -0.2) is 33.1 Å². The molecule has 2 bridgehead atoms. The number of phosphoric acid groups is 4. The highest BCUT2D eigenvalue weighted by Gasteiger charge is 2.65. The van der Waals surface area contributed by atoms with Crippen molar-refractivity contribution in [3.8, 4) is 0 Å². The van der Waals surface area contributed by atoms with Crippen LogP contribution in [0, 0.1) is 0 Å². The van der Waals surface area contributed by atoms with Crippen LogP contribution in [-0.2, 0) is 75.7 Å². The van der Waals surface area contributed by atoms with Crippen LogP contribution in [-0.4, -0.2) is 157 Å². The van der Waals surface area contributed by atoms with Crippen molar-refractivity contribution in [1.29, 1.82) is 0 Å². The standard InChI is InChI=1S/C33H43N15O24P4/c1-45-10-48(25-15(45)27(53)44-32(36)42-25)29-18(51)19(62-2)12(68-29)4-65-74(56,57)71-76(60,61)72-75(58,59)66-6-33-5-63-20(30(69-33)46-8-39-13-22(34)37-7-38-23(13)46)21(33)70-73(54,55)64-3-11-16(49)17(50)28(67-11)47-9-40-14-24(47)41-31(35)43-26(14)52/h7-12,16-21,28-30,49-51H,3-6H2,1-2H3,(H11-,34,35,36,37,38,41,42,43,44,52,53,54,55,56,57,58,59,60,61)/p-3/t11-,12-,16?,17+,18+,19?,20?,21-,28-,29-,30-,33-/m1/s1. The van der Waals surface area contributed by atoms with Crippen molar-refractivity contribution in [3.63, 3.8) is 0 Å². The number of methoxy groups -OCH3 is 1. The van der Waals surface area contributed by atoms with E-state index < -0.39 is 142 Å². The molecular formula is C33H40N15O24P4-3. The van der Waals surface area contributed by atoms with E-state index in [0.29, 0.717) is 0 Å². The van der Waals surface area contributed by atoms with Crippen LogP contribution in [0.25, 0.3) is 33.5 Å². The molecule has 0 spiro atoms. The van der Waals surface area contributed by atoms with E-state index in [2.05, 4.69) is 53.0 Å². The van der Waals surface area contributed by atoms with Crippen molar-refractivity contribution >= 4 is 82.5 Å². The zero-order chi connectivity index (χ0) is 54.6. The number of anilines is 3. The van der Waals surface area contributed by atoms with Crippen molar-refractivity contribution in [2.45, 2.75) is 73.1 Å². The topological polar surface area (TPSA) is 563 Å². The Morgan fingerprint density at radius 2 is 1.43 bits per heavy atom. The molecule has 39 nitrogen and oxygen atoms in total. The number of hydrogen-bond acceptors (Lipinski definition) is 33. The molecule has 4 aliphatic rings. The maximum absolute atomic E-state index is 13.6. The summed E-state index contributed by atoms with van der Waals surface area (Å²) in [5.74, 6) is -0.724. The third-order valence-electron chi connectivity index (χ3n) is 12.2. The normalized spacial score (nSPS) is 31.8. The lowest BCUT2D eigenvalue weighted by Gasteiger charge is -2.37. The quantitative estimate of drug-likeness (QED) is 0.0276. The number of phosphoric ester groups is 3. The van der Waals surface area contributed by atoms with E-state index in [1.165, 1.54) is 27.1 Å². The Bertz CT molecular complexity index is 3560. The average Bonchev–Trinajstić information content (AvgIpc) is 4.23. The number of aliphatic hydroxyl groups excluding tert-OH is 3. The fraction of sp³-hybridized carbons (Fsp3) is 0.545. The molecule has 16 atom stereocenters. The predicted molar refractivity (Wildman–Crippen MR) is 233 cm³/mol. The molecule has 414 valence electrons. The molecular weight excluding hydrogens is 1110 g/mol. The van der Waals surface area contributed by atoms with Gasteiger partial charge in [-0.15, -0.1) is 0 Å². The molecule has 4 aliphatic heterocycles. The van der Waals surface area contributed by atoms with Crippen LogP contribution in [0.3, 0.4) is 0 Å². The number of H-pyrrole nitrogens is 2. The fourth-order valence-corrected chi connectivity index (χ4v) is 13.4. The number of hydrogen-bond donors (Lipinski definition) is 8. The third kappa shape index (κ3) is 10.0. The Labute approximate surface area is 420 Å². The zero-order valence-corrected chi connectivity index (χ0v) is 42.0. The van der Waals surface area contributed by atoms with E-state index >= 15 is 0 Å². The number of imidazole rings is 3. The largest absolute Gasteiger partial charge is 0.756 e. The van der Waals surface area contributed by atoms with Crippen LogP contribution in [0.15, 0.2) is 34.9 Å². The molecule has 4 saturated heterocycles. The van der Waals surface area contributed by atoms with Gasteiger partial charge in [0.1, 0.15) is 66.3 Å². The number of aromatic nitrogens is 12. The van der Waals surface area contributed by atoms with E-state index in [1.807, 2.05) is 0 Å². The van der Waals surface area contributed by atoms with Gasteiger partial charge >= 0.3 is 5.65 Å². The predicted octanol–water partition coefficient (Wildman–Crippen LogP) is -6.83. The Morgan fingerprint density at radius 3 is 2.16 bits per heavy atom. The minimum atomic E-state index is -6.57. The van der Waals surface area contributed by atoms with Gasteiger partial charge in [0.05, 0.1) is 46.1 Å². The van der Waals surface area contributed by atoms with E-state index in [0.717, 1.165) is 30.7 Å². The number of nitrogens with zero attached hydrogens (tertiary/aromatic N) is 10. The van der Waals surface area contributed by atoms with E-state index in [4.69, 9.17) is 54.5 Å². The van der Waals surface area contributed by atoms with Gasteiger partial charge < -0.3 is 93.9 Å². The number of nitrogen functional groups attached to an aromatic ring is 3. The van der Waals surface area contributed by atoms with Crippen molar-refractivity contribution < 1.29 is 108 Å². The zero-order valence-electron chi connectivity index (χ0n) is 38.4. The minimum absolute atomic E-state index is 0.00172. The molecule has 76 heavy (non-hydrogen) atoms. The summed E-state index contributed by atoms with van der Waals surface area (Å²) >= 11 is 0. The molecule has 6 aromatic rings. The van der Waals surface area contributed by atoms with Crippen molar-refractivity contribution in [2.75, 3.05) is 50.7 Å². The average molecular weight is 1150 g/mol. The number of fused-ring (bicyclic) bond motifs is 5. The first-order valence-electron chi connectivity index (χ1n) is 21.6. The van der Waals surface area contributed by atoms with Gasteiger partial charge in [-0.2, -0.15) is 4.98 Å². The molecule has 6 aromatic heterocycles. The Hall–Kier alpha value is -5.15. The second-order valence-corrected chi connectivity index (χ2v) is 23.0. The smallest absolute Gasteiger partial charge is 0.313 e. The molecule has 43 heteroatoms. The lowest BCUT2D eigenvalue weighted by Crippen LogP contribution is -2.46. The Kier molecular flexibility index (Phi) is 14.0. The van der Waals surface area contributed by atoms with Crippen LogP contribution >= 0.6 is 31.3 Å². The van der Waals surface area contributed by atoms with Gasteiger partial charge in [0.2, 0.25) is 17.7 Å². The second kappa shape index (κ2) is 19.6. The number of nitrogens with one attached hydrogen (secondary N) is 2. The summed E-state index contributed by atoms with van der Waals surface area (Å²) in [6, 6.07) is 0. The second-order valence-electron chi connectivity index (χ2n) is 17.1. The number of ether oxygens (including phenoxy) is 5. The monoisotopic (exact) mass is 1150 g/mol. The van der Waals surface area contributed by atoms with Crippen molar-refractivity contribution in [3.05, 3.63) is 46.0 Å². The van der Waals surface area contributed by atoms with Gasteiger partial charge in [0.15, 0.2) is 41.4 Å². The van der Waals surface area contributed by atoms with Gasteiger partial charge in [-0.3, -0.25) is 51.5 Å². The van der Waals surface area contributed by atoms with Gasteiger partial charge in [0.25, 0.3) is 48.4 Å². The molecule has 7 unspecified atom stereocenters. The highest BCUT2D eigenvalue weighted by Crippen LogP contribution is 2.64. The van der Waals surface area contributed by atoms with Crippen LogP contribution in [0.1, 0.15) is 18.7 Å². The maximum Gasteiger partial charge on any atom is 0.313 e. The molecule has 0 radical (unpaired) electrons. The van der Waals surface area contributed by atoms with Crippen molar-refractivity contribution in [2.24, 2.45) is 7.05 Å². The van der Waals surface area contributed by atoms with E-state index in [1.54, 1.807) is 0 Å². The van der Waals surface area contributed by atoms with Gasteiger partial charge in [-0.05, 0) is 0 Å². The summed E-state index contributed by atoms with van der Waals surface area (Å²) in [7, 11) is -22.2. The molecule has 4 fully saturated rings. The molecule has 0 amide bonds. The first kappa shape index (κ1) is 54.2. The fourth-order valence-electron chi connectivity index (χ4n) is 8.98. The number of rotatable bonds is 19. The summed E-state index contributed by atoms with van der Waals surface area (Å²) in [5.41, 5.74) is 13.1. The Morgan fingerprint density at radius 1 is 0.789 bits per heavy atom. The molecule has 0 saturated carbocycles. The number of nitrogens with two attached hydrogens (primary N) is 3. The number of aliphatic hydroxyl groups is 3. The van der Waals surface area contributed by atoms with Gasteiger partial charge in [-0.1, -0.05) is 4.98 Å². The van der Waals surface area contributed by atoms with Gasteiger partial charge in [0, 0.05) is 7.11 Å². The van der Waals surface area contributed by atoms with E-state index in [9.17, 15) is 62.7 Å². The van der Waals surface area contributed by atoms with E-state index in [-0.39, 0.29) is 51.2 Å². The summed E-state index contributed by atoms with van der Waals surface area (Å²) in [5, 5.41) is 32.8. The molecule has 10 rings (SSSR count). The minimum Gasteiger partial charge on any atom is -0.756 e. The maximum atomic E-state index is 13.6. The summed E-state index contributed by atoms with van der Waals surface area (Å²) in [6.45, 7) is -4.32. The lowest BCUT2D eigenvalue weighted by atomic mass is 10.0. The third-order valence-corrected chi connectivity index (χ3v) is 17.3. The number of aromatic amines is 2. The summed E-state index contributed by atoms with van der Waals surface area (Å²) < 4.78 is 114. The van der Waals surface area contributed by atoms with Crippen LogP contribution in [0.5, 0.6) is 0 Å². The molecule has 0 aromatic carbocycles. The van der Waals surface area contributed by atoms with Crippen LogP contribution < -0.4 is 52.5 Å². The first-order chi connectivity index (χ1) is 35.7. The highest BCUT2D eigenvalue weighted by atomic mass is 31.3. The summed E-state index contributed by atoms with van der Waals surface area (Å²) in [6.07, 6.45) is -13.2. The van der Waals surface area contributed by atoms with Crippen LogP contribution in [0.4, 0.5) is 17.7 Å². The molecule has 11 N–H and O–H groups in total. The first-order valence-corrected chi connectivity index (χ1v) is 27.4. The van der Waals surface area contributed by atoms with Crippen LogP contribution in [0.2, 0.25) is 0 Å². The lowest BCUT2D eigenvalue weighted by molar-refractivity contribution is -0.745. The number of aryl methyl sites for hydroxylation is 1.